The van der Waals surface area contributed by atoms with Gasteiger partial charge in [-0.3, -0.25) is 4.79 Å². The van der Waals surface area contributed by atoms with Crippen LogP contribution in [0.4, 0.5) is 0 Å². The van der Waals surface area contributed by atoms with Crippen LogP contribution in [0.25, 0.3) is 0 Å². The zero-order chi connectivity index (χ0) is 11.7. The first-order valence-corrected chi connectivity index (χ1v) is 5.32. The van der Waals surface area contributed by atoms with E-state index in [1.54, 1.807) is 6.07 Å². The monoisotopic (exact) mass is 234 g/mol. The largest absolute Gasteiger partial charge is 0.452 e. The molecular formula is C13H11ClO2. The number of aryl methyl sites for hydroxylation is 2. The molecule has 0 spiro atoms. The molecule has 1 heterocycles. The van der Waals surface area contributed by atoms with Crippen molar-refractivity contribution in [3.8, 4) is 0 Å². The zero-order valence-electron chi connectivity index (χ0n) is 9.08. The molecule has 2 nitrogen and oxygen atoms in total. The minimum absolute atomic E-state index is 0.0973. The molecule has 0 aliphatic rings. The number of benzene rings is 1. The molecule has 0 atom stereocenters. The van der Waals surface area contributed by atoms with Crippen molar-refractivity contribution < 1.29 is 9.21 Å². The van der Waals surface area contributed by atoms with E-state index in [1.807, 2.05) is 32.0 Å². The molecule has 0 radical (unpaired) electrons. The van der Waals surface area contributed by atoms with E-state index >= 15 is 0 Å². The maximum Gasteiger partial charge on any atom is 0.204 e. The molecule has 0 N–H and O–H groups in total. The molecule has 0 aliphatic carbocycles. The van der Waals surface area contributed by atoms with Crippen molar-refractivity contribution in [2.45, 2.75) is 13.8 Å². The number of hydrogen-bond donors (Lipinski definition) is 0. The molecule has 1 aromatic carbocycles. The Bertz CT molecular complexity index is 541. The summed E-state index contributed by atoms with van der Waals surface area (Å²) in [6.07, 6.45) is 1.42. The Morgan fingerprint density at radius 3 is 2.56 bits per heavy atom. The quantitative estimate of drug-likeness (QED) is 0.741. The maximum atomic E-state index is 12.2. The highest BCUT2D eigenvalue weighted by Crippen LogP contribution is 2.22. The van der Waals surface area contributed by atoms with E-state index in [2.05, 4.69) is 0 Å². The predicted octanol–water partition coefficient (Wildman–Crippen LogP) is 3.78. The summed E-state index contributed by atoms with van der Waals surface area (Å²) in [6.45, 7) is 3.86. The first-order chi connectivity index (χ1) is 7.59. The normalized spacial score (nSPS) is 10.4. The Kier molecular flexibility index (Phi) is 2.84. The van der Waals surface area contributed by atoms with E-state index in [0.29, 0.717) is 11.1 Å². The van der Waals surface area contributed by atoms with Crippen LogP contribution < -0.4 is 0 Å². The molecule has 0 fully saturated rings. The summed E-state index contributed by atoms with van der Waals surface area (Å²) >= 11 is 5.79. The van der Waals surface area contributed by atoms with Gasteiger partial charge in [0.2, 0.25) is 5.22 Å². The molecule has 3 heteroatoms. The van der Waals surface area contributed by atoms with Crippen molar-refractivity contribution in [3.63, 3.8) is 0 Å². The molecular weight excluding hydrogens is 224 g/mol. The summed E-state index contributed by atoms with van der Waals surface area (Å²) in [6, 6.07) is 7.35. The van der Waals surface area contributed by atoms with Crippen LogP contribution in [-0.4, -0.2) is 5.78 Å². The topological polar surface area (TPSA) is 30.2 Å². The fourth-order valence-corrected chi connectivity index (χ4v) is 1.78. The van der Waals surface area contributed by atoms with E-state index in [-0.39, 0.29) is 11.0 Å². The third-order valence-electron chi connectivity index (χ3n) is 2.50. The molecule has 2 aromatic rings. The van der Waals surface area contributed by atoms with Crippen molar-refractivity contribution in [1.82, 2.24) is 0 Å². The number of rotatable bonds is 2. The number of carbonyl (C=O) groups excluding carboxylic acids is 1. The number of halogens is 1. The minimum atomic E-state index is -0.0973. The van der Waals surface area contributed by atoms with E-state index in [1.165, 1.54) is 6.26 Å². The first-order valence-electron chi connectivity index (χ1n) is 4.94. The number of carbonyl (C=O) groups is 1. The van der Waals surface area contributed by atoms with Crippen LogP contribution in [0.15, 0.2) is 34.9 Å². The van der Waals surface area contributed by atoms with E-state index < -0.39 is 0 Å². The molecule has 0 amide bonds. The number of ketones is 1. The fraction of sp³-hybridized carbons (Fsp3) is 0.154. The Balaban J connectivity index is 2.49. The second-order valence-corrected chi connectivity index (χ2v) is 4.10. The van der Waals surface area contributed by atoms with Crippen molar-refractivity contribution in [1.29, 1.82) is 0 Å². The summed E-state index contributed by atoms with van der Waals surface area (Å²) in [5.74, 6) is -0.0973. The Morgan fingerprint density at radius 1 is 1.19 bits per heavy atom. The summed E-state index contributed by atoms with van der Waals surface area (Å²) in [4.78, 5) is 12.2. The highest BCUT2D eigenvalue weighted by molar-refractivity contribution is 6.33. The van der Waals surface area contributed by atoms with Gasteiger partial charge in [-0.15, -0.1) is 0 Å². The lowest BCUT2D eigenvalue weighted by Gasteiger charge is -2.04. The van der Waals surface area contributed by atoms with Gasteiger partial charge in [0.15, 0.2) is 5.78 Å². The van der Waals surface area contributed by atoms with Crippen LogP contribution in [0.5, 0.6) is 0 Å². The summed E-state index contributed by atoms with van der Waals surface area (Å²) in [7, 11) is 0. The standard InChI is InChI=1S/C13H11ClO2/c1-8-3-4-9(2)11(7-8)12(15)10-5-6-16-13(10)14/h3-7H,1-2H3. The van der Waals surface area contributed by atoms with Crippen LogP contribution in [-0.2, 0) is 0 Å². The maximum absolute atomic E-state index is 12.2. The van der Waals surface area contributed by atoms with Crippen molar-refractivity contribution in [3.05, 3.63) is 58.0 Å². The van der Waals surface area contributed by atoms with Crippen LogP contribution in [0.1, 0.15) is 27.0 Å². The Hall–Kier alpha value is -1.54. The number of hydrogen-bond acceptors (Lipinski definition) is 2. The molecule has 0 saturated heterocycles. The highest BCUT2D eigenvalue weighted by atomic mass is 35.5. The van der Waals surface area contributed by atoms with Gasteiger partial charge in [0.25, 0.3) is 0 Å². The second kappa shape index (κ2) is 4.14. The average molecular weight is 235 g/mol. The molecule has 0 saturated carbocycles. The predicted molar refractivity (Wildman–Crippen MR) is 63.1 cm³/mol. The lowest BCUT2D eigenvalue weighted by Crippen LogP contribution is -2.03. The van der Waals surface area contributed by atoms with Gasteiger partial charge in [-0.05, 0) is 43.1 Å². The van der Waals surface area contributed by atoms with Crippen LogP contribution in [0.3, 0.4) is 0 Å². The summed E-state index contributed by atoms with van der Waals surface area (Å²) in [5.41, 5.74) is 3.07. The molecule has 82 valence electrons. The van der Waals surface area contributed by atoms with Gasteiger partial charge in [0.05, 0.1) is 11.8 Å². The van der Waals surface area contributed by atoms with Crippen LogP contribution in [0.2, 0.25) is 5.22 Å². The van der Waals surface area contributed by atoms with Crippen molar-refractivity contribution >= 4 is 17.4 Å². The third kappa shape index (κ3) is 1.89. The Morgan fingerprint density at radius 2 is 1.94 bits per heavy atom. The lowest BCUT2D eigenvalue weighted by atomic mass is 9.99. The smallest absolute Gasteiger partial charge is 0.204 e. The van der Waals surface area contributed by atoms with Crippen LogP contribution in [0, 0.1) is 13.8 Å². The highest BCUT2D eigenvalue weighted by Gasteiger charge is 2.16. The minimum Gasteiger partial charge on any atom is -0.452 e. The van der Waals surface area contributed by atoms with E-state index in [0.717, 1.165) is 11.1 Å². The van der Waals surface area contributed by atoms with Crippen molar-refractivity contribution in [2.24, 2.45) is 0 Å². The molecule has 1 aromatic heterocycles. The summed E-state index contributed by atoms with van der Waals surface area (Å²) < 4.78 is 4.92. The zero-order valence-corrected chi connectivity index (χ0v) is 9.84. The molecule has 0 aliphatic heterocycles. The molecule has 0 unspecified atom stereocenters. The van der Waals surface area contributed by atoms with Crippen molar-refractivity contribution in [2.75, 3.05) is 0 Å². The van der Waals surface area contributed by atoms with Gasteiger partial charge in [-0.25, -0.2) is 0 Å². The van der Waals surface area contributed by atoms with Gasteiger partial charge < -0.3 is 4.42 Å². The lowest BCUT2D eigenvalue weighted by molar-refractivity contribution is 0.103. The van der Waals surface area contributed by atoms with Gasteiger partial charge in [0, 0.05) is 5.56 Å². The van der Waals surface area contributed by atoms with E-state index in [4.69, 9.17) is 16.0 Å². The summed E-state index contributed by atoms with van der Waals surface area (Å²) in [5, 5.41) is 0.144. The van der Waals surface area contributed by atoms with Crippen LogP contribution >= 0.6 is 11.6 Å². The first kappa shape index (κ1) is 11.0. The third-order valence-corrected chi connectivity index (χ3v) is 2.79. The SMILES string of the molecule is Cc1ccc(C)c(C(=O)c2ccoc2Cl)c1. The average Bonchev–Trinajstić information content (AvgIpc) is 2.67. The Labute approximate surface area is 98.8 Å². The number of furan rings is 1. The molecule has 0 bridgehead atoms. The second-order valence-electron chi connectivity index (χ2n) is 3.76. The van der Waals surface area contributed by atoms with Gasteiger partial charge in [0.1, 0.15) is 0 Å². The van der Waals surface area contributed by atoms with Gasteiger partial charge >= 0.3 is 0 Å². The van der Waals surface area contributed by atoms with Gasteiger partial charge in [-0.2, -0.15) is 0 Å². The molecule has 2 rings (SSSR count). The van der Waals surface area contributed by atoms with Gasteiger partial charge in [-0.1, -0.05) is 17.7 Å². The van der Waals surface area contributed by atoms with E-state index in [9.17, 15) is 4.79 Å². The molecule has 16 heavy (non-hydrogen) atoms. The fourth-order valence-electron chi connectivity index (χ4n) is 1.58.